The van der Waals surface area contributed by atoms with Crippen LogP contribution in [0.2, 0.25) is 0 Å². The average molecular weight is 200 g/mol. The number of thioether (sulfide) groups is 1. The van der Waals surface area contributed by atoms with E-state index >= 15 is 0 Å². The number of methoxy groups -OCH3 is 1. The smallest absolute Gasteiger partial charge is 0.333 e. The molecular weight excluding hydrogens is 184 g/mol. The third-order valence-electron chi connectivity index (χ3n) is 2.27. The fourth-order valence-electron chi connectivity index (χ4n) is 1.48. The predicted octanol–water partition coefficient (Wildman–Crippen LogP) is 2.25. The van der Waals surface area contributed by atoms with Crippen LogP contribution in [0.25, 0.3) is 0 Å². The molecule has 3 heteroatoms. The number of hydrogen-bond acceptors (Lipinski definition) is 3. The predicted molar refractivity (Wildman–Crippen MR) is 55.8 cm³/mol. The lowest BCUT2D eigenvalue weighted by atomic mass is 9.97. The maximum Gasteiger partial charge on any atom is 0.333 e. The molecule has 1 aliphatic rings. The molecule has 0 amide bonds. The van der Waals surface area contributed by atoms with Crippen LogP contribution in [0.5, 0.6) is 0 Å². The van der Waals surface area contributed by atoms with E-state index in [4.69, 9.17) is 4.74 Å². The molecule has 0 saturated heterocycles. The number of carbonyl (C=O) groups is 1. The fraction of sp³-hybridized carbons (Fsp3) is 0.700. The lowest BCUT2D eigenvalue weighted by Crippen LogP contribution is -2.16. The van der Waals surface area contributed by atoms with Crippen LogP contribution in [-0.2, 0) is 9.53 Å². The minimum atomic E-state index is -0.135. The highest BCUT2D eigenvalue weighted by Crippen LogP contribution is 2.29. The van der Waals surface area contributed by atoms with Crippen molar-refractivity contribution >= 4 is 17.7 Å². The molecule has 13 heavy (non-hydrogen) atoms. The highest BCUT2D eigenvalue weighted by molar-refractivity contribution is 7.99. The van der Waals surface area contributed by atoms with Gasteiger partial charge < -0.3 is 4.74 Å². The number of ether oxygens (including phenoxy) is 1. The standard InChI is InChI=1S/C10H16O2S/c1-7(2)9-6-13-5-4-8(9)10(11)12-3/h7H,4-6H2,1-3H3. The van der Waals surface area contributed by atoms with Crippen LogP contribution in [0.3, 0.4) is 0 Å². The van der Waals surface area contributed by atoms with Gasteiger partial charge in [0.15, 0.2) is 0 Å². The minimum Gasteiger partial charge on any atom is -0.466 e. The number of carbonyl (C=O) groups excluding carboxylic acids is 1. The molecule has 1 heterocycles. The van der Waals surface area contributed by atoms with E-state index in [1.807, 2.05) is 11.8 Å². The molecule has 0 fully saturated rings. The number of esters is 1. The van der Waals surface area contributed by atoms with Gasteiger partial charge in [0, 0.05) is 11.3 Å². The Bertz CT molecular complexity index is 231. The summed E-state index contributed by atoms with van der Waals surface area (Å²) in [5.74, 6) is 2.36. The summed E-state index contributed by atoms with van der Waals surface area (Å²) < 4.78 is 4.76. The molecule has 1 aliphatic heterocycles. The van der Waals surface area contributed by atoms with E-state index in [0.29, 0.717) is 5.92 Å². The van der Waals surface area contributed by atoms with Crippen molar-refractivity contribution in [2.75, 3.05) is 18.6 Å². The quantitative estimate of drug-likeness (QED) is 0.639. The largest absolute Gasteiger partial charge is 0.466 e. The van der Waals surface area contributed by atoms with Crippen molar-refractivity contribution in [2.45, 2.75) is 20.3 Å². The average Bonchev–Trinajstić information content (AvgIpc) is 2.16. The van der Waals surface area contributed by atoms with Gasteiger partial charge in [0.25, 0.3) is 0 Å². The van der Waals surface area contributed by atoms with E-state index in [0.717, 1.165) is 23.5 Å². The number of rotatable bonds is 2. The Kier molecular flexibility index (Phi) is 3.85. The van der Waals surface area contributed by atoms with E-state index in [2.05, 4.69) is 13.8 Å². The molecule has 0 radical (unpaired) electrons. The first-order valence-corrected chi connectivity index (χ1v) is 5.70. The van der Waals surface area contributed by atoms with Gasteiger partial charge in [-0.1, -0.05) is 13.8 Å². The maximum atomic E-state index is 11.4. The van der Waals surface area contributed by atoms with Crippen LogP contribution in [0.4, 0.5) is 0 Å². The van der Waals surface area contributed by atoms with E-state index in [1.165, 1.54) is 12.7 Å². The Morgan fingerprint density at radius 2 is 2.23 bits per heavy atom. The first-order valence-electron chi connectivity index (χ1n) is 4.54. The Morgan fingerprint density at radius 3 is 2.77 bits per heavy atom. The summed E-state index contributed by atoms with van der Waals surface area (Å²) in [5, 5.41) is 0. The molecule has 1 rings (SSSR count). The van der Waals surface area contributed by atoms with Gasteiger partial charge in [-0.3, -0.25) is 0 Å². The van der Waals surface area contributed by atoms with Crippen LogP contribution in [0, 0.1) is 5.92 Å². The molecule has 0 aromatic heterocycles. The topological polar surface area (TPSA) is 26.3 Å². The molecule has 74 valence electrons. The Balaban J connectivity index is 2.89. The molecule has 0 unspecified atom stereocenters. The zero-order valence-electron chi connectivity index (χ0n) is 8.42. The van der Waals surface area contributed by atoms with Gasteiger partial charge in [0.1, 0.15) is 0 Å². The van der Waals surface area contributed by atoms with Gasteiger partial charge in [0.2, 0.25) is 0 Å². The summed E-state index contributed by atoms with van der Waals surface area (Å²) in [7, 11) is 1.45. The van der Waals surface area contributed by atoms with E-state index < -0.39 is 0 Å². The van der Waals surface area contributed by atoms with Crippen molar-refractivity contribution in [3.63, 3.8) is 0 Å². The van der Waals surface area contributed by atoms with Gasteiger partial charge in [-0.2, -0.15) is 11.8 Å². The zero-order valence-corrected chi connectivity index (χ0v) is 9.24. The molecule has 0 saturated carbocycles. The molecule has 2 nitrogen and oxygen atoms in total. The molecule has 0 atom stereocenters. The molecule has 0 bridgehead atoms. The van der Waals surface area contributed by atoms with Crippen LogP contribution < -0.4 is 0 Å². The van der Waals surface area contributed by atoms with E-state index in [-0.39, 0.29) is 5.97 Å². The fourth-order valence-corrected chi connectivity index (χ4v) is 2.70. The van der Waals surface area contributed by atoms with Crippen LogP contribution in [0.15, 0.2) is 11.1 Å². The van der Waals surface area contributed by atoms with Gasteiger partial charge >= 0.3 is 5.97 Å². The Hall–Kier alpha value is -0.440. The first kappa shape index (κ1) is 10.6. The molecule has 0 aromatic rings. The summed E-state index contributed by atoms with van der Waals surface area (Å²) in [6, 6.07) is 0. The van der Waals surface area contributed by atoms with Crippen molar-refractivity contribution in [3.8, 4) is 0 Å². The van der Waals surface area contributed by atoms with Crippen LogP contribution in [0.1, 0.15) is 20.3 Å². The van der Waals surface area contributed by atoms with Gasteiger partial charge in [-0.25, -0.2) is 4.79 Å². The van der Waals surface area contributed by atoms with Crippen molar-refractivity contribution < 1.29 is 9.53 Å². The highest BCUT2D eigenvalue weighted by atomic mass is 32.2. The van der Waals surface area contributed by atoms with Crippen molar-refractivity contribution in [2.24, 2.45) is 5.92 Å². The zero-order chi connectivity index (χ0) is 9.84. The maximum absolute atomic E-state index is 11.4. The molecule has 0 aliphatic carbocycles. The SMILES string of the molecule is COC(=O)C1=C(C(C)C)CSCC1. The number of hydrogen-bond donors (Lipinski definition) is 0. The second kappa shape index (κ2) is 4.70. The summed E-state index contributed by atoms with van der Waals surface area (Å²) in [6.45, 7) is 4.26. The second-order valence-corrected chi connectivity index (χ2v) is 4.56. The van der Waals surface area contributed by atoms with Gasteiger partial charge in [-0.15, -0.1) is 0 Å². The molecule has 0 aromatic carbocycles. The summed E-state index contributed by atoms with van der Waals surface area (Å²) >= 11 is 1.90. The molecular formula is C10H16O2S. The van der Waals surface area contributed by atoms with Crippen LogP contribution >= 0.6 is 11.8 Å². The third kappa shape index (κ3) is 2.50. The van der Waals surface area contributed by atoms with E-state index in [1.54, 1.807) is 0 Å². The third-order valence-corrected chi connectivity index (χ3v) is 3.28. The van der Waals surface area contributed by atoms with Gasteiger partial charge in [0.05, 0.1) is 7.11 Å². The summed E-state index contributed by atoms with van der Waals surface area (Å²) in [5.41, 5.74) is 2.18. The van der Waals surface area contributed by atoms with Crippen LogP contribution in [-0.4, -0.2) is 24.6 Å². The Labute approximate surface area is 83.7 Å². The highest BCUT2D eigenvalue weighted by Gasteiger charge is 2.21. The molecule has 0 spiro atoms. The van der Waals surface area contributed by atoms with Crippen molar-refractivity contribution in [1.82, 2.24) is 0 Å². The van der Waals surface area contributed by atoms with Gasteiger partial charge in [-0.05, 0) is 23.7 Å². The summed E-state index contributed by atoms with van der Waals surface area (Å²) in [4.78, 5) is 11.4. The normalized spacial score (nSPS) is 17.8. The minimum absolute atomic E-state index is 0.135. The van der Waals surface area contributed by atoms with Crippen molar-refractivity contribution in [1.29, 1.82) is 0 Å². The van der Waals surface area contributed by atoms with E-state index in [9.17, 15) is 4.79 Å². The first-order chi connectivity index (χ1) is 6.16. The lowest BCUT2D eigenvalue weighted by Gasteiger charge is -2.21. The van der Waals surface area contributed by atoms with Crippen molar-refractivity contribution in [3.05, 3.63) is 11.1 Å². The summed E-state index contributed by atoms with van der Waals surface area (Å²) in [6.07, 6.45) is 0.866. The Morgan fingerprint density at radius 1 is 1.54 bits per heavy atom. The second-order valence-electron chi connectivity index (χ2n) is 3.45. The lowest BCUT2D eigenvalue weighted by molar-refractivity contribution is -0.136. The molecule has 0 N–H and O–H groups in total. The monoisotopic (exact) mass is 200 g/mol.